The number of aromatic nitrogens is 3. The Bertz CT molecular complexity index is 927. The maximum absolute atomic E-state index is 12.7. The van der Waals surface area contributed by atoms with Crippen molar-refractivity contribution in [3.05, 3.63) is 76.6 Å². The topological polar surface area (TPSA) is 51.0 Å². The lowest BCUT2D eigenvalue weighted by Crippen LogP contribution is -2.31. The summed E-state index contributed by atoms with van der Waals surface area (Å²) >= 11 is 7.37. The first-order valence-electron chi connectivity index (χ1n) is 9.03. The van der Waals surface area contributed by atoms with Gasteiger partial charge in [-0.2, -0.15) is 0 Å². The Hall–Kier alpha value is -2.31. The normalized spacial score (nSPS) is 12.0. The van der Waals surface area contributed by atoms with Crippen LogP contribution in [-0.4, -0.2) is 38.4 Å². The second-order valence-electron chi connectivity index (χ2n) is 6.62. The molecule has 0 saturated heterocycles. The van der Waals surface area contributed by atoms with E-state index in [0.29, 0.717) is 17.3 Å². The summed E-state index contributed by atoms with van der Waals surface area (Å²) < 4.78 is 2.04. The maximum Gasteiger partial charge on any atom is 0.233 e. The fourth-order valence-corrected chi connectivity index (χ4v) is 3.86. The van der Waals surface area contributed by atoms with Crippen molar-refractivity contribution >= 4 is 29.3 Å². The first-order chi connectivity index (χ1) is 13.5. The van der Waals surface area contributed by atoms with Gasteiger partial charge in [-0.25, -0.2) is 0 Å². The molecular formula is C21H23ClN4OS. The van der Waals surface area contributed by atoms with Crippen LogP contribution in [0.25, 0.3) is 0 Å². The van der Waals surface area contributed by atoms with Crippen molar-refractivity contribution in [2.75, 3.05) is 12.8 Å². The van der Waals surface area contributed by atoms with Crippen molar-refractivity contribution in [3.8, 4) is 0 Å². The summed E-state index contributed by atoms with van der Waals surface area (Å²) in [5.41, 5.74) is 2.22. The molecule has 146 valence electrons. The van der Waals surface area contributed by atoms with Crippen LogP contribution >= 0.6 is 23.4 Å². The average molecular weight is 415 g/mol. The molecule has 1 atom stereocenters. The van der Waals surface area contributed by atoms with Crippen molar-refractivity contribution in [1.29, 1.82) is 0 Å². The smallest absolute Gasteiger partial charge is 0.233 e. The minimum atomic E-state index is -0.0331. The molecule has 0 aliphatic rings. The van der Waals surface area contributed by atoms with E-state index in [1.165, 1.54) is 17.3 Å². The van der Waals surface area contributed by atoms with E-state index in [2.05, 4.69) is 22.3 Å². The average Bonchev–Trinajstić information content (AvgIpc) is 3.06. The SMILES string of the molecule is Cc1nnc(SCC(=O)N(C)C(C)c2ccc(Cl)cc2)n1Cc1ccccc1. The molecule has 28 heavy (non-hydrogen) atoms. The predicted octanol–water partition coefficient (Wildman–Crippen LogP) is 4.60. The van der Waals surface area contributed by atoms with Gasteiger partial charge in [0.2, 0.25) is 5.91 Å². The quantitative estimate of drug-likeness (QED) is 0.530. The highest BCUT2D eigenvalue weighted by molar-refractivity contribution is 7.99. The molecule has 0 bridgehead atoms. The van der Waals surface area contributed by atoms with Crippen LogP contribution in [0.5, 0.6) is 0 Å². The van der Waals surface area contributed by atoms with Crippen molar-refractivity contribution in [1.82, 2.24) is 19.7 Å². The van der Waals surface area contributed by atoms with Crippen LogP contribution in [0.1, 0.15) is 29.9 Å². The first kappa shape index (κ1) is 20.4. The van der Waals surface area contributed by atoms with E-state index in [1.54, 1.807) is 4.90 Å². The predicted molar refractivity (Wildman–Crippen MR) is 114 cm³/mol. The lowest BCUT2D eigenvalue weighted by Gasteiger charge is -2.25. The third kappa shape index (κ3) is 4.94. The fourth-order valence-electron chi connectivity index (χ4n) is 2.83. The van der Waals surface area contributed by atoms with Gasteiger partial charge >= 0.3 is 0 Å². The zero-order chi connectivity index (χ0) is 20.1. The molecular weight excluding hydrogens is 392 g/mol. The summed E-state index contributed by atoms with van der Waals surface area (Å²) in [6.45, 7) is 4.62. The monoisotopic (exact) mass is 414 g/mol. The van der Waals surface area contributed by atoms with Crippen LogP contribution in [0.2, 0.25) is 5.02 Å². The molecule has 0 aliphatic heterocycles. The third-order valence-corrected chi connectivity index (χ3v) is 5.94. The Labute approximate surface area is 174 Å². The molecule has 1 unspecified atom stereocenters. The van der Waals surface area contributed by atoms with Gasteiger partial charge in [-0.05, 0) is 37.1 Å². The molecule has 0 fully saturated rings. The second-order valence-corrected chi connectivity index (χ2v) is 8.00. The van der Waals surface area contributed by atoms with E-state index in [-0.39, 0.29) is 11.9 Å². The van der Waals surface area contributed by atoms with E-state index < -0.39 is 0 Å². The summed E-state index contributed by atoms with van der Waals surface area (Å²) in [6.07, 6.45) is 0. The van der Waals surface area contributed by atoms with Crippen LogP contribution in [0.3, 0.4) is 0 Å². The standard InChI is InChI=1S/C21H23ClN4OS/c1-15(18-9-11-19(22)12-10-18)25(3)20(27)14-28-21-24-23-16(2)26(21)13-17-7-5-4-6-8-17/h4-12,15H,13-14H2,1-3H3. The highest BCUT2D eigenvalue weighted by atomic mass is 35.5. The Morgan fingerprint density at radius 3 is 2.50 bits per heavy atom. The van der Waals surface area contributed by atoms with Crippen molar-refractivity contribution < 1.29 is 4.79 Å². The zero-order valence-electron chi connectivity index (χ0n) is 16.2. The van der Waals surface area contributed by atoms with Gasteiger partial charge in [0.05, 0.1) is 18.3 Å². The molecule has 7 heteroatoms. The van der Waals surface area contributed by atoms with E-state index in [0.717, 1.165) is 16.5 Å². The molecule has 3 aromatic rings. The molecule has 1 amide bonds. The number of thioether (sulfide) groups is 1. The first-order valence-corrected chi connectivity index (χ1v) is 10.4. The van der Waals surface area contributed by atoms with Gasteiger partial charge in [-0.15, -0.1) is 10.2 Å². The minimum Gasteiger partial charge on any atom is -0.338 e. The number of carbonyl (C=O) groups excluding carboxylic acids is 1. The van der Waals surface area contributed by atoms with Crippen LogP contribution in [0, 0.1) is 6.92 Å². The van der Waals surface area contributed by atoms with Gasteiger partial charge in [0.1, 0.15) is 5.82 Å². The van der Waals surface area contributed by atoms with E-state index in [4.69, 9.17) is 11.6 Å². The highest BCUT2D eigenvalue weighted by Gasteiger charge is 2.19. The van der Waals surface area contributed by atoms with Gasteiger partial charge in [0.15, 0.2) is 5.16 Å². The van der Waals surface area contributed by atoms with E-state index in [9.17, 15) is 4.79 Å². The third-order valence-electron chi connectivity index (χ3n) is 4.74. The van der Waals surface area contributed by atoms with E-state index >= 15 is 0 Å². The number of hydrogen-bond acceptors (Lipinski definition) is 4. The minimum absolute atomic E-state index is 0.0331. The zero-order valence-corrected chi connectivity index (χ0v) is 17.7. The van der Waals surface area contributed by atoms with Gasteiger partial charge in [0.25, 0.3) is 0 Å². The molecule has 0 saturated carbocycles. The van der Waals surface area contributed by atoms with Gasteiger partial charge in [0, 0.05) is 12.1 Å². The van der Waals surface area contributed by atoms with Crippen LogP contribution in [0.4, 0.5) is 0 Å². The van der Waals surface area contributed by atoms with Crippen LogP contribution < -0.4 is 0 Å². The number of amides is 1. The Morgan fingerprint density at radius 2 is 1.82 bits per heavy atom. The van der Waals surface area contributed by atoms with E-state index in [1.807, 2.05) is 67.9 Å². The molecule has 0 N–H and O–H groups in total. The molecule has 1 aromatic heterocycles. The summed E-state index contributed by atoms with van der Waals surface area (Å²) in [5.74, 6) is 1.18. The molecule has 0 spiro atoms. The molecule has 0 radical (unpaired) electrons. The molecule has 0 aliphatic carbocycles. The summed E-state index contributed by atoms with van der Waals surface area (Å²) in [4.78, 5) is 14.4. The lowest BCUT2D eigenvalue weighted by atomic mass is 10.1. The number of nitrogens with zero attached hydrogens (tertiary/aromatic N) is 4. The number of rotatable bonds is 7. The van der Waals surface area contributed by atoms with Gasteiger partial charge in [-0.3, -0.25) is 4.79 Å². The molecule has 1 heterocycles. The maximum atomic E-state index is 12.7. The van der Waals surface area contributed by atoms with Gasteiger partial charge < -0.3 is 9.47 Å². The highest BCUT2D eigenvalue weighted by Crippen LogP contribution is 2.23. The summed E-state index contributed by atoms with van der Waals surface area (Å²) in [5, 5.41) is 9.87. The van der Waals surface area contributed by atoms with Crippen molar-refractivity contribution in [2.24, 2.45) is 0 Å². The summed E-state index contributed by atoms with van der Waals surface area (Å²) in [6, 6.07) is 17.7. The number of carbonyl (C=O) groups is 1. The lowest BCUT2D eigenvalue weighted by molar-refractivity contribution is -0.128. The Balaban J connectivity index is 1.63. The number of halogens is 1. The molecule has 5 nitrogen and oxygen atoms in total. The second kappa shape index (κ2) is 9.26. The Morgan fingerprint density at radius 1 is 1.14 bits per heavy atom. The Kier molecular flexibility index (Phi) is 6.75. The number of benzene rings is 2. The van der Waals surface area contributed by atoms with Crippen LogP contribution in [-0.2, 0) is 11.3 Å². The fraction of sp³-hybridized carbons (Fsp3) is 0.286. The molecule has 2 aromatic carbocycles. The number of hydrogen-bond donors (Lipinski definition) is 0. The summed E-state index contributed by atoms with van der Waals surface area (Å²) in [7, 11) is 1.82. The number of aryl methyl sites for hydroxylation is 1. The van der Waals surface area contributed by atoms with Gasteiger partial charge in [-0.1, -0.05) is 65.8 Å². The van der Waals surface area contributed by atoms with Crippen LogP contribution in [0.15, 0.2) is 59.8 Å². The molecule has 3 rings (SSSR count). The van der Waals surface area contributed by atoms with Crippen molar-refractivity contribution in [2.45, 2.75) is 31.6 Å². The largest absolute Gasteiger partial charge is 0.338 e. The van der Waals surface area contributed by atoms with Crippen molar-refractivity contribution in [3.63, 3.8) is 0 Å².